The standard InChI is InChI=1S/C9H13N3OS/c13-7-9-3-1-2-4-12(9)6-8-5-10-14-11-8/h5,7,9H,1-4,6H2. The second kappa shape index (κ2) is 4.61. The Kier molecular flexibility index (Phi) is 3.21. The van der Waals surface area contributed by atoms with Crippen LogP contribution in [-0.4, -0.2) is 32.5 Å². The Balaban J connectivity index is 1.98. The number of rotatable bonds is 3. The molecular formula is C9H13N3OS. The number of nitrogens with zero attached hydrogens (tertiary/aromatic N) is 3. The molecule has 0 aliphatic carbocycles. The topological polar surface area (TPSA) is 46.1 Å². The van der Waals surface area contributed by atoms with Gasteiger partial charge in [-0.2, -0.15) is 8.75 Å². The zero-order chi connectivity index (χ0) is 9.80. The van der Waals surface area contributed by atoms with Gasteiger partial charge in [-0.1, -0.05) is 6.42 Å². The van der Waals surface area contributed by atoms with E-state index in [1.165, 1.54) is 18.1 Å². The largest absolute Gasteiger partial charge is 0.302 e. The molecule has 0 amide bonds. The number of piperidine rings is 1. The van der Waals surface area contributed by atoms with E-state index < -0.39 is 0 Å². The predicted molar refractivity (Wildman–Crippen MR) is 54.0 cm³/mol. The van der Waals surface area contributed by atoms with Crippen LogP contribution in [0.25, 0.3) is 0 Å². The molecule has 1 aromatic rings. The first-order chi connectivity index (χ1) is 6.90. The normalized spacial score (nSPS) is 23.6. The predicted octanol–water partition coefficient (Wildman–Crippen LogP) is 1.09. The van der Waals surface area contributed by atoms with Crippen molar-refractivity contribution in [2.45, 2.75) is 31.8 Å². The summed E-state index contributed by atoms with van der Waals surface area (Å²) in [5, 5.41) is 0. The summed E-state index contributed by atoms with van der Waals surface area (Å²) in [7, 11) is 0. The maximum Gasteiger partial charge on any atom is 0.137 e. The highest BCUT2D eigenvalue weighted by Crippen LogP contribution is 2.17. The van der Waals surface area contributed by atoms with Gasteiger partial charge in [0.1, 0.15) is 6.29 Å². The molecule has 0 radical (unpaired) electrons. The van der Waals surface area contributed by atoms with Crippen LogP contribution < -0.4 is 0 Å². The molecule has 1 aliphatic rings. The van der Waals surface area contributed by atoms with Crippen LogP contribution in [0.2, 0.25) is 0 Å². The summed E-state index contributed by atoms with van der Waals surface area (Å²) < 4.78 is 8.11. The van der Waals surface area contributed by atoms with Crippen molar-refractivity contribution in [1.82, 2.24) is 13.6 Å². The first kappa shape index (κ1) is 9.73. The molecule has 14 heavy (non-hydrogen) atoms. The van der Waals surface area contributed by atoms with Gasteiger partial charge in [-0.3, -0.25) is 4.90 Å². The van der Waals surface area contributed by atoms with E-state index in [2.05, 4.69) is 13.6 Å². The molecule has 1 aliphatic heterocycles. The molecule has 0 bridgehead atoms. The Morgan fingerprint density at radius 3 is 3.29 bits per heavy atom. The van der Waals surface area contributed by atoms with E-state index in [4.69, 9.17) is 0 Å². The van der Waals surface area contributed by atoms with E-state index in [0.29, 0.717) is 0 Å². The summed E-state index contributed by atoms with van der Waals surface area (Å²) in [6.07, 6.45) is 6.16. The number of carbonyl (C=O) groups excluding carboxylic acids is 1. The van der Waals surface area contributed by atoms with Gasteiger partial charge >= 0.3 is 0 Å². The van der Waals surface area contributed by atoms with Gasteiger partial charge in [0.15, 0.2) is 0 Å². The van der Waals surface area contributed by atoms with Crippen molar-refractivity contribution in [2.24, 2.45) is 0 Å². The van der Waals surface area contributed by atoms with Crippen LogP contribution in [0.4, 0.5) is 0 Å². The van der Waals surface area contributed by atoms with E-state index in [1.54, 1.807) is 6.20 Å². The Bertz CT molecular complexity index is 288. The van der Waals surface area contributed by atoms with E-state index in [-0.39, 0.29) is 6.04 Å². The van der Waals surface area contributed by atoms with E-state index in [1.807, 2.05) is 0 Å². The van der Waals surface area contributed by atoms with Gasteiger partial charge in [0, 0.05) is 6.54 Å². The Labute approximate surface area is 87.3 Å². The van der Waals surface area contributed by atoms with Crippen molar-refractivity contribution in [2.75, 3.05) is 6.54 Å². The van der Waals surface area contributed by atoms with E-state index >= 15 is 0 Å². The number of aromatic nitrogens is 2. The lowest BCUT2D eigenvalue weighted by molar-refractivity contribution is -0.113. The van der Waals surface area contributed by atoms with Crippen molar-refractivity contribution >= 4 is 18.0 Å². The average molecular weight is 211 g/mol. The molecule has 0 saturated carbocycles. The van der Waals surface area contributed by atoms with E-state index in [0.717, 1.165) is 37.9 Å². The van der Waals surface area contributed by atoms with Crippen LogP contribution in [0.5, 0.6) is 0 Å². The zero-order valence-electron chi connectivity index (χ0n) is 7.93. The van der Waals surface area contributed by atoms with Crippen molar-refractivity contribution in [1.29, 1.82) is 0 Å². The minimum atomic E-state index is 0.0884. The first-order valence-corrected chi connectivity index (χ1v) is 5.59. The fourth-order valence-electron chi connectivity index (χ4n) is 1.83. The summed E-state index contributed by atoms with van der Waals surface area (Å²) in [4.78, 5) is 13.0. The molecule has 4 nitrogen and oxygen atoms in total. The van der Waals surface area contributed by atoms with Gasteiger partial charge in [0.25, 0.3) is 0 Å². The fraction of sp³-hybridized carbons (Fsp3) is 0.667. The van der Waals surface area contributed by atoms with Gasteiger partial charge in [0.05, 0.1) is 29.7 Å². The molecule has 1 saturated heterocycles. The van der Waals surface area contributed by atoms with Crippen molar-refractivity contribution < 1.29 is 4.79 Å². The maximum atomic E-state index is 10.8. The summed E-state index contributed by atoms with van der Waals surface area (Å²) in [6.45, 7) is 1.76. The van der Waals surface area contributed by atoms with Gasteiger partial charge in [-0.05, 0) is 19.4 Å². The second-order valence-electron chi connectivity index (χ2n) is 3.57. The van der Waals surface area contributed by atoms with Crippen LogP contribution in [0, 0.1) is 0 Å². The number of carbonyl (C=O) groups is 1. The molecule has 1 unspecified atom stereocenters. The maximum absolute atomic E-state index is 10.8. The van der Waals surface area contributed by atoms with Crippen molar-refractivity contribution in [3.8, 4) is 0 Å². The zero-order valence-corrected chi connectivity index (χ0v) is 8.74. The quantitative estimate of drug-likeness (QED) is 0.702. The molecule has 5 heteroatoms. The monoisotopic (exact) mass is 211 g/mol. The van der Waals surface area contributed by atoms with Gasteiger partial charge in [-0.15, -0.1) is 0 Å². The molecule has 0 N–H and O–H groups in total. The molecule has 1 aromatic heterocycles. The highest BCUT2D eigenvalue weighted by molar-refractivity contribution is 6.99. The minimum Gasteiger partial charge on any atom is -0.302 e. The Hall–Kier alpha value is -0.810. The summed E-state index contributed by atoms with van der Waals surface area (Å²) in [6, 6.07) is 0.0884. The smallest absolute Gasteiger partial charge is 0.137 e. The second-order valence-corrected chi connectivity index (χ2v) is 4.13. The van der Waals surface area contributed by atoms with E-state index in [9.17, 15) is 4.79 Å². The van der Waals surface area contributed by atoms with Crippen molar-refractivity contribution in [3.05, 3.63) is 11.9 Å². The Morgan fingerprint density at radius 2 is 2.57 bits per heavy atom. The lowest BCUT2D eigenvalue weighted by Crippen LogP contribution is -2.39. The third-order valence-corrected chi connectivity index (χ3v) is 3.11. The summed E-state index contributed by atoms with van der Waals surface area (Å²) in [5.41, 5.74) is 0.976. The molecular weight excluding hydrogens is 198 g/mol. The average Bonchev–Trinajstić information content (AvgIpc) is 2.71. The molecule has 0 aromatic carbocycles. The van der Waals surface area contributed by atoms with Gasteiger partial charge < -0.3 is 4.79 Å². The van der Waals surface area contributed by atoms with Crippen LogP contribution in [0.15, 0.2) is 6.20 Å². The van der Waals surface area contributed by atoms with Gasteiger partial charge in [0.2, 0.25) is 0 Å². The molecule has 2 heterocycles. The van der Waals surface area contributed by atoms with Crippen LogP contribution in [-0.2, 0) is 11.3 Å². The molecule has 1 atom stereocenters. The molecule has 76 valence electrons. The highest BCUT2D eigenvalue weighted by Gasteiger charge is 2.22. The Morgan fingerprint density at radius 1 is 1.64 bits per heavy atom. The first-order valence-electron chi connectivity index (χ1n) is 4.86. The number of likely N-dealkylation sites (tertiary alicyclic amines) is 1. The van der Waals surface area contributed by atoms with Crippen LogP contribution >= 0.6 is 11.7 Å². The molecule has 0 spiro atoms. The fourth-order valence-corrected chi connectivity index (χ4v) is 2.25. The lowest BCUT2D eigenvalue weighted by Gasteiger charge is -2.31. The van der Waals surface area contributed by atoms with Crippen molar-refractivity contribution in [3.63, 3.8) is 0 Å². The summed E-state index contributed by atoms with van der Waals surface area (Å²) >= 11 is 1.22. The highest BCUT2D eigenvalue weighted by atomic mass is 32.1. The minimum absolute atomic E-state index is 0.0884. The SMILES string of the molecule is O=CC1CCCCN1Cc1cnsn1. The molecule has 1 fully saturated rings. The van der Waals surface area contributed by atoms with Gasteiger partial charge in [-0.25, -0.2) is 0 Å². The number of hydrogen-bond acceptors (Lipinski definition) is 5. The number of hydrogen-bond donors (Lipinski definition) is 0. The third kappa shape index (κ3) is 2.16. The van der Waals surface area contributed by atoms with Crippen LogP contribution in [0.3, 0.4) is 0 Å². The van der Waals surface area contributed by atoms with Crippen LogP contribution in [0.1, 0.15) is 25.0 Å². The lowest BCUT2D eigenvalue weighted by atomic mass is 10.0. The number of aldehydes is 1. The molecule has 2 rings (SSSR count). The summed E-state index contributed by atoms with van der Waals surface area (Å²) in [5.74, 6) is 0. The third-order valence-electron chi connectivity index (χ3n) is 2.59.